The summed E-state index contributed by atoms with van der Waals surface area (Å²) in [7, 11) is 0. The summed E-state index contributed by atoms with van der Waals surface area (Å²) < 4.78 is 81.9. The van der Waals surface area contributed by atoms with Crippen LogP contribution in [0.5, 0.6) is 0 Å². The first kappa shape index (κ1) is 19.1. The fourth-order valence-electron chi connectivity index (χ4n) is 4.10. The van der Waals surface area contributed by atoms with E-state index in [9.17, 15) is 36.2 Å². The van der Waals surface area contributed by atoms with E-state index >= 15 is 0 Å². The van der Waals surface area contributed by atoms with Gasteiger partial charge in [0.15, 0.2) is 0 Å². The summed E-state index contributed by atoms with van der Waals surface area (Å²) in [6, 6.07) is 0. The molecule has 2 bridgehead atoms. The van der Waals surface area contributed by atoms with E-state index in [4.69, 9.17) is 4.74 Å². The number of rotatable bonds is 5. The number of ether oxygens (including phenoxy) is 1. The van der Waals surface area contributed by atoms with E-state index in [-0.39, 0.29) is 24.9 Å². The Bertz CT molecular complexity index is 484. The van der Waals surface area contributed by atoms with Gasteiger partial charge in [-0.25, -0.2) is 4.79 Å². The minimum Gasteiger partial charge on any atom is -0.462 e. The van der Waals surface area contributed by atoms with Gasteiger partial charge in [-0.3, -0.25) is 0 Å². The van der Waals surface area contributed by atoms with Gasteiger partial charge in [0.25, 0.3) is 5.60 Å². The third kappa shape index (κ3) is 3.41. The molecule has 0 saturated heterocycles. The molecule has 3 unspecified atom stereocenters. The Morgan fingerprint density at radius 1 is 1.08 bits per heavy atom. The lowest BCUT2D eigenvalue weighted by atomic mass is 9.75. The second-order valence-electron chi connectivity index (χ2n) is 6.65. The van der Waals surface area contributed by atoms with Crippen molar-refractivity contribution in [3.05, 3.63) is 12.7 Å². The Morgan fingerprint density at radius 3 is 2.08 bits per heavy atom. The third-order valence-corrected chi connectivity index (χ3v) is 5.19. The van der Waals surface area contributed by atoms with Crippen molar-refractivity contribution in [3.63, 3.8) is 0 Å². The van der Waals surface area contributed by atoms with Crippen LogP contribution in [0.25, 0.3) is 0 Å². The van der Waals surface area contributed by atoms with Crippen LogP contribution >= 0.6 is 0 Å². The van der Waals surface area contributed by atoms with Crippen molar-refractivity contribution < 1.29 is 41.0 Å². The first-order chi connectivity index (χ1) is 10.9. The number of esters is 1. The van der Waals surface area contributed by atoms with Crippen LogP contribution in [0.4, 0.5) is 26.3 Å². The molecular weight excluding hydrogens is 342 g/mol. The van der Waals surface area contributed by atoms with Gasteiger partial charge in [-0.15, -0.1) is 0 Å². The van der Waals surface area contributed by atoms with Gasteiger partial charge < -0.3 is 9.84 Å². The number of hydrogen-bond acceptors (Lipinski definition) is 3. The van der Waals surface area contributed by atoms with Gasteiger partial charge in [0.2, 0.25) is 0 Å². The molecule has 2 aliphatic carbocycles. The van der Waals surface area contributed by atoms with E-state index in [1.165, 1.54) is 0 Å². The van der Waals surface area contributed by atoms with E-state index in [2.05, 4.69) is 6.58 Å². The second-order valence-corrected chi connectivity index (χ2v) is 6.65. The van der Waals surface area contributed by atoms with E-state index in [0.29, 0.717) is 12.8 Å². The molecule has 2 saturated carbocycles. The monoisotopic (exact) mass is 360 g/mol. The third-order valence-electron chi connectivity index (χ3n) is 5.19. The number of carbonyl (C=O) groups is 1. The number of aliphatic hydroxyl groups is 1. The van der Waals surface area contributed by atoms with Gasteiger partial charge in [0, 0.05) is 6.08 Å². The molecule has 0 heterocycles. The van der Waals surface area contributed by atoms with E-state index in [1.54, 1.807) is 0 Å². The largest absolute Gasteiger partial charge is 0.462 e. The summed E-state index contributed by atoms with van der Waals surface area (Å²) >= 11 is 0. The molecule has 3 nitrogen and oxygen atoms in total. The molecule has 2 fully saturated rings. The zero-order valence-electron chi connectivity index (χ0n) is 12.7. The maximum atomic E-state index is 12.8. The number of hydrogen-bond donors (Lipinski definition) is 1. The van der Waals surface area contributed by atoms with Crippen molar-refractivity contribution in [1.29, 1.82) is 0 Å². The maximum Gasteiger partial charge on any atom is 0.426 e. The number of fused-ring (bicyclic) bond motifs is 2. The van der Waals surface area contributed by atoms with Crippen molar-refractivity contribution in [1.82, 2.24) is 0 Å². The summed E-state index contributed by atoms with van der Waals surface area (Å²) in [6.45, 7) is 3.16. The van der Waals surface area contributed by atoms with Crippen LogP contribution in [0, 0.1) is 23.7 Å². The Balaban J connectivity index is 2.09. The first-order valence-corrected chi connectivity index (χ1v) is 7.54. The van der Waals surface area contributed by atoms with Crippen LogP contribution in [-0.4, -0.2) is 35.6 Å². The normalized spacial score (nSPS) is 30.5. The molecular formula is C15H18F6O3. The van der Waals surface area contributed by atoms with Gasteiger partial charge in [0.1, 0.15) is 0 Å². The van der Waals surface area contributed by atoms with Crippen LogP contribution in [0.15, 0.2) is 12.7 Å². The highest BCUT2D eigenvalue weighted by atomic mass is 19.4. The van der Waals surface area contributed by atoms with Crippen LogP contribution in [0.1, 0.15) is 25.7 Å². The van der Waals surface area contributed by atoms with Crippen LogP contribution in [0.2, 0.25) is 0 Å². The maximum absolute atomic E-state index is 12.8. The van der Waals surface area contributed by atoms with Gasteiger partial charge >= 0.3 is 18.3 Å². The van der Waals surface area contributed by atoms with Gasteiger partial charge in [-0.2, -0.15) is 26.3 Å². The molecule has 0 aromatic heterocycles. The van der Waals surface area contributed by atoms with Crippen molar-refractivity contribution in [2.24, 2.45) is 23.7 Å². The van der Waals surface area contributed by atoms with E-state index < -0.39 is 42.2 Å². The highest BCUT2D eigenvalue weighted by Gasteiger charge is 2.71. The lowest BCUT2D eigenvalue weighted by Gasteiger charge is -2.38. The Morgan fingerprint density at radius 2 is 1.62 bits per heavy atom. The van der Waals surface area contributed by atoms with Crippen LogP contribution < -0.4 is 0 Å². The standard InChI is InChI=1S/C15H18F6O3/c1-2-12(22)24-7-10-4-8-3-9(11(10)5-8)6-13(23,14(16,17)18)15(19,20)21/h2,8-11,23H,1,3-7H2/t8-,9?,10?,11?/m0/s1. The molecule has 2 rings (SSSR count). The number of carbonyl (C=O) groups excluding carboxylic acids is 1. The second kappa shape index (κ2) is 6.24. The number of halogens is 6. The quantitative estimate of drug-likeness (QED) is 0.463. The lowest BCUT2D eigenvalue weighted by molar-refractivity contribution is -0.373. The molecule has 0 amide bonds. The summed E-state index contributed by atoms with van der Waals surface area (Å²) in [5.74, 6) is -2.31. The van der Waals surface area contributed by atoms with Gasteiger partial charge in [-0.05, 0) is 49.4 Å². The van der Waals surface area contributed by atoms with Gasteiger partial charge in [0.05, 0.1) is 6.61 Å². The summed E-state index contributed by atoms with van der Waals surface area (Å²) in [6.07, 6.45) is -10.8. The zero-order valence-corrected chi connectivity index (χ0v) is 12.7. The van der Waals surface area contributed by atoms with Gasteiger partial charge in [-0.1, -0.05) is 6.58 Å². The molecule has 0 spiro atoms. The van der Waals surface area contributed by atoms with Crippen molar-refractivity contribution >= 4 is 5.97 Å². The Kier molecular flexibility index (Phi) is 4.96. The predicted molar refractivity (Wildman–Crippen MR) is 70.6 cm³/mol. The predicted octanol–water partition coefficient (Wildman–Crippen LogP) is 3.62. The molecule has 0 aliphatic heterocycles. The molecule has 0 aromatic carbocycles. The Labute approximate surface area is 134 Å². The summed E-state index contributed by atoms with van der Waals surface area (Å²) in [5.41, 5.74) is -4.71. The molecule has 1 N–H and O–H groups in total. The fraction of sp³-hybridized carbons (Fsp3) is 0.800. The summed E-state index contributed by atoms with van der Waals surface area (Å²) in [4.78, 5) is 11.1. The molecule has 0 aromatic rings. The van der Waals surface area contributed by atoms with Crippen LogP contribution in [0.3, 0.4) is 0 Å². The fourth-order valence-corrected chi connectivity index (χ4v) is 4.10. The average molecular weight is 360 g/mol. The average Bonchev–Trinajstić information content (AvgIpc) is 3.01. The topological polar surface area (TPSA) is 46.5 Å². The van der Waals surface area contributed by atoms with E-state index in [1.807, 2.05) is 0 Å². The summed E-state index contributed by atoms with van der Waals surface area (Å²) in [5, 5.41) is 9.37. The molecule has 0 radical (unpaired) electrons. The molecule has 2 aliphatic rings. The minimum absolute atomic E-state index is 0.00171. The highest BCUT2D eigenvalue weighted by molar-refractivity contribution is 5.81. The van der Waals surface area contributed by atoms with E-state index in [0.717, 1.165) is 6.08 Å². The first-order valence-electron chi connectivity index (χ1n) is 7.54. The van der Waals surface area contributed by atoms with Crippen molar-refractivity contribution in [3.8, 4) is 0 Å². The smallest absolute Gasteiger partial charge is 0.426 e. The SMILES string of the molecule is C=CC(=O)OCC1C[C@@H]2CC(CC(O)(C(F)(F)F)C(F)(F)F)C1C2. The van der Waals surface area contributed by atoms with Crippen LogP contribution in [-0.2, 0) is 9.53 Å². The molecule has 24 heavy (non-hydrogen) atoms. The minimum atomic E-state index is -5.79. The van der Waals surface area contributed by atoms with Crippen molar-refractivity contribution in [2.45, 2.75) is 43.6 Å². The molecule has 138 valence electrons. The number of alkyl halides is 6. The zero-order chi connectivity index (χ0) is 18.3. The molecule has 9 heteroatoms. The molecule has 4 atom stereocenters. The van der Waals surface area contributed by atoms with Crippen molar-refractivity contribution in [2.75, 3.05) is 6.61 Å². The highest BCUT2D eigenvalue weighted by Crippen LogP contribution is 2.57. The lowest BCUT2D eigenvalue weighted by Crippen LogP contribution is -2.58. The Hall–Kier alpha value is -1.25.